The molecular formula is C11H21N3O2. The number of hydrogen-bond acceptors (Lipinski definition) is 3. The number of hydrazone groups is 1. The van der Waals surface area contributed by atoms with Crippen LogP contribution in [0.1, 0.15) is 47.0 Å². The van der Waals surface area contributed by atoms with E-state index < -0.39 is 11.8 Å². The van der Waals surface area contributed by atoms with Gasteiger partial charge in [0.15, 0.2) is 0 Å². The first kappa shape index (κ1) is 14.6. The molecule has 0 radical (unpaired) electrons. The van der Waals surface area contributed by atoms with Crippen molar-refractivity contribution in [2.75, 3.05) is 0 Å². The van der Waals surface area contributed by atoms with Crippen LogP contribution in [0.5, 0.6) is 0 Å². The van der Waals surface area contributed by atoms with E-state index in [0.717, 1.165) is 25.0 Å². The van der Waals surface area contributed by atoms with Gasteiger partial charge in [0.1, 0.15) is 0 Å². The summed E-state index contributed by atoms with van der Waals surface area (Å²) >= 11 is 0. The second kappa shape index (κ2) is 7.84. The zero-order valence-electron chi connectivity index (χ0n) is 10.5. The Kier molecular flexibility index (Phi) is 7.16. The van der Waals surface area contributed by atoms with Gasteiger partial charge in [0.25, 0.3) is 0 Å². The molecule has 0 aliphatic rings. The van der Waals surface area contributed by atoms with Crippen LogP contribution in [-0.4, -0.2) is 23.6 Å². The molecule has 0 rings (SSSR count). The normalized spacial score (nSPS) is 11.4. The monoisotopic (exact) mass is 227 g/mol. The number of carbonyl (C=O) groups excluding carboxylic acids is 2. The lowest BCUT2D eigenvalue weighted by Crippen LogP contribution is -2.41. The smallest absolute Gasteiger partial charge is 0.329 e. The highest BCUT2D eigenvalue weighted by molar-refractivity contribution is 6.35. The summed E-state index contributed by atoms with van der Waals surface area (Å²) in [5.41, 5.74) is 3.06. The minimum Gasteiger partial charge on any atom is -0.346 e. The molecule has 92 valence electrons. The number of hydrogen-bond donors (Lipinski definition) is 2. The predicted molar refractivity (Wildman–Crippen MR) is 64.1 cm³/mol. The first-order valence-electron chi connectivity index (χ1n) is 5.61. The number of nitrogens with zero attached hydrogens (tertiary/aromatic N) is 1. The molecule has 0 saturated heterocycles. The Bertz CT molecular complexity index is 272. The highest BCUT2D eigenvalue weighted by atomic mass is 16.2. The van der Waals surface area contributed by atoms with E-state index in [2.05, 4.69) is 22.8 Å². The number of unbranched alkanes of at least 4 members (excludes halogenated alkanes) is 1. The standard InChI is InChI=1S/C11H21N3O2/c1-5-6-7-9(4)13-14-11(16)10(15)12-8(2)3/h8H,5-7H2,1-4H3,(H,12,15)(H,14,16)/b13-9-. The topological polar surface area (TPSA) is 70.6 Å². The van der Waals surface area contributed by atoms with Gasteiger partial charge in [0.2, 0.25) is 0 Å². The van der Waals surface area contributed by atoms with E-state index >= 15 is 0 Å². The molecule has 0 saturated carbocycles. The molecule has 0 atom stereocenters. The van der Waals surface area contributed by atoms with Gasteiger partial charge in [-0.05, 0) is 33.6 Å². The molecule has 0 heterocycles. The van der Waals surface area contributed by atoms with Gasteiger partial charge in [0.05, 0.1) is 0 Å². The van der Waals surface area contributed by atoms with Gasteiger partial charge in [-0.25, -0.2) is 5.43 Å². The molecular weight excluding hydrogens is 206 g/mol. The van der Waals surface area contributed by atoms with Gasteiger partial charge in [0, 0.05) is 11.8 Å². The fraction of sp³-hybridized carbons (Fsp3) is 0.727. The Morgan fingerprint density at radius 1 is 1.25 bits per heavy atom. The molecule has 5 heteroatoms. The fourth-order valence-corrected chi connectivity index (χ4v) is 1.01. The number of rotatable bonds is 5. The zero-order valence-corrected chi connectivity index (χ0v) is 10.5. The Labute approximate surface area is 96.7 Å². The van der Waals surface area contributed by atoms with E-state index in [9.17, 15) is 9.59 Å². The number of amides is 2. The van der Waals surface area contributed by atoms with Crippen LogP contribution in [0.4, 0.5) is 0 Å². The largest absolute Gasteiger partial charge is 0.346 e. The average molecular weight is 227 g/mol. The van der Waals surface area contributed by atoms with Gasteiger partial charge in [-0.3, -0.25) is 9.59 Å². The lowest BCUT2D eigenvalue weighted by Gasteiger charge is -2.06. The van der Waals surface area contributed by atoms with E-state index in [1.165, 1.54) is 0 Å². The van der Waals surface area contributed by atoms with Crippen LogP contribution in [0.2, 0.25) is 0 Å². The number of nitrogens with one attached hydrogen (secondary N) is 2. The second-order valence-corrected chi connectivity index (χ2v) is 4.02. The maximum Gasteiger partial charge on any atom is 0.329 e. The summed E-state index contributed by atoms with van der Waals surface area (Å²) in [6.07, 6.45) is 2.95. The number of carbonyl (C=O) groups is 2. The van der Waals surface area contributed by atoms with Crippen LogP contribution in [-0.2, 0) is 9.59 Å². The van der Waals surface area contributed by atoms with Gasteiger partial charge >= 0.3 is 11.8 Å². The van der Waals surface area contributed by atoms with Crippen molar-refractivity contribution in [1.29, 1.82) is 0 Å². The van der Waals surface area contributed by atoms with Gasteiger partial charge in [-0.1, -0.05) is 13.3 Å². The summed E-state index contributed by atoms with van der Waals surface area (Å²) in [4.78, 5) is 22.4. The van der Waals surface area contributed by atoms with Crippen molar-refractivity contribution in [3.8, 4) is 0 Å². The van der Waals surface area contributed by atoms with Crippen molar-refractivity contribution in [3.63, 3.8) is 0 Å². The van der Waals surface area contributed by atoms with E-state index in [1.54, 1.807) is 13.8 Å². The van der Waals surface area contributed by atoms with Crippen molar-refractivity contribution in [2.45, 2.75) is 53.0 Å². The fourth-order valence-electron chi connectivity index (χ4n) is 1.01. The first-order chi connectivity index (χ1) is 7.47. The van der Waals surface area contributed by atoms with E-state index in [1.807, 2.05) is 6.92 Å². The summed E-state index contributed by atoms with van der Waals surface area (Å²) in [5, 5.41) is 6.34. The predicted octanol–water partition coefficient (Wildman–Crippen LogP) is 1.19. The minimum atomic E-state index is -0.718. The molecule has 0 aliphatic heterocycles. The van der Waals surface area contributed by atoms with Crippen LogP contribution in [0.3, 0.4) is 0 Å². The summed E-state index contributed by atoms with van der Waals surface area (Å²) in [6.45, 7) is 7.50. The van der Waals surface area contributed by atoms with Crippen LogP contribution in [0.25, 0.3) is 0 Å². The molecule has 0 fully saturated rings. The van der Waals surface area contributed by atoms with Crippen LogP contribution in [0.15, 0.2) is 5.10 Å². The minimum absolute atomic E-state index is 0.0524. The molecule has 0 aliphatic carbocycles. The zero-order chi connectivity index (χ0) is 12.6. The van der Waals surface area contributed by atoms with E-state index in [-0.39, 0.29) is 6.04 Å². The third kappa shape index (κ3) is 6.98. The molecule has 0 aromatic heterocycles. The molecule has 0 spiro atoms. The van der Waals surface area contributed by atoms with E-state index in [0.29, 0.717) is 0 Å². The summed E-state index contributed by atoms with van der Waals surface area (Å²) in [7, 11) is 0. The summed E-state index contributed by atoms with van der Waals surface area (Å²) in [5.74, 6) is -1.37. The Balaban J connectivity index is 4.00. The molecule has 2 N–H and O–H groups in total. The SMILES string of the molecule is CCCC/C(C)=N\NC(=O)C(=O)NC(C)C. The molecule has 2 amide bonds. The average Bonchev–Trinajstić information content (AvgIpc) is 2.21. The molecule has 5 nitrogen and oxygen atoms in total. The van der Waals surface area contributed by atoms with Gasteiger partial charge in [-0.15, -0.1) is 0 Å². The molecule has 0 bridgehead atoms. The van der Waals surface area contributed by atoms with Crippen molar-refractivity contribution < 1.29 is 9.59 Å². The highest BCUT2D eigenvalue weighted by Gasteiger charge is 2.13. The van der Waals surface area contributed by atoms with Crippen LogP contribution in [0, 0.1) is 0 Å². The van der Waals surface area contributed by atoms with Crippen molar-refractivity contribution in [2.24, 2.45) is 5.10 Å². The third-order valence-corrected chi connectivity index (χ3v) is 1.87. The van der Waals surface area contributed by atoms with Crippen molar-refractivity contribution in [1.82, 2.24) is 10.7 Å². The van der Waals surface area contributed by atoms with Gasteiger partial charge < -0.3 is 5.32 Å². The Hall–Kier alpha value is -1.39. The van der Waals surface area contributed by atoms with E-state index in [4.69, 9.17) is 0 Å². The summed E-state index contributed by atoms with van der Waals surface area (Å²) in [6, 6.07) is -0.0524. The summed E-state index contributed by atoms with van der Waals surface area (Å²) < 4.78 is 0. The van der Waals surface area contributed by atoms with Crippen LogP contribution < -0.4 is 10.7 Å². The molecule has 0 unspecified atom stereocenters. The molecule has 0 aromatic rings. The lowest BCUT2D eigenvalue weighted by atomic mass is 10.2. The molecule has 0 aromatic carbocycles. The van der Waals surface area contributed by atoms with Crippen LogP contribution >= 0.6 is 0 Å². The second-order valence-electron chi connectivity index (χ2n) is 4.02. The highest BCUT2D eigenvalue weighted by Crippen LogP contribution is 1.95. The maximum absolute atomic E-state index is 11.2. The third-order valence-electron chi connectivity index (χ3n) is 1.87. The molecule has 16 heavy (non-hydrogen) atoms. The van der Waals surface area contributed by atoms with Crippen molar-refractivity contribution in [3.05, 3.63) is 0 Å². The quantitative estimate of drug-likeness (QED) is 0.421. The van der Waals surface area contributed by atoms with Crippen molar-refractivity contribution >= 4 is 17.5 Å². The first-order valence-corrected chi connectivity index (χ1v) is 5.61. The van der Waals surface area contributed by atoms with Gasteiger partial charge in [-0.2, -0.15) is 5.10 Å². The Morgan fingerprint density at radius 2 is 1.88 bits per heavy atom. The maximum atomic E-state index is 11.2. The lowest BCUT2D eigenvalue weighted by molar-refractivity contribution is -0.139. The Morgan fingerprint density at radius 3 is 2.38 bits per heavy atom.